The Bertz CT molecular complexity index is 6360. The molecular weight excluding hydrogens is 1640 g/mol. The van der Waals surface area contributed by atoms with Crippen LogP contribution >= 0.6 is 0 Å². The first-order valence-corrected chi connectivity index (χ1v) is 37.2. The maximum atomic E-state index is 14.4. The Morgan fingerprint density at radius 2 is 0.605 bits per heavy atom. The average molecular weight is 1720 g/mol. The minimum atomic E-state index is -1.01. The number of nitrogens with two attached hydrogens (primary N) is 7. The number of nitrogens with one attached hydrogen (secondary N) is 10. The summed E-state index contributed by atoms with van der Waals surface area (Å²) in [4.78, 5) is 303. The lowest BCUT2D eigenvalue weighted by atomic mass is 10.3. The third-order valence-corrected chi connectivity index (χ3v) is 18.5. The fourth-order valence-corrected chi connectivity index (χ4v) is 12.5. The van der Waals surface area contributed by atoms with Crippen LogP contribution < -0.4 is 100 Å². The molecule has 0 saturated carbocycles. The number of nitrogen functional groups attached to an aromatic ring is 5. The number of fused-ring (bicyclic) bond motifs is 5. The highest BCUT2D eigenvalue weighted by molar-refractivity contribution is 5.91. The Labute approximate surface area is 690 Å². The van der Waals surface area contributed by atoms with Gasteiger partial charge in [0.1, 0.15) is 51.1 Å². The Morgan fingerprint density at radius 1 is 0.339 bits per heavy atom. The lowest BCUT2D eigenvalue weighted by Gasteiger charge is -2.26. The van der Waals surface area contributed by atoms with Gasteiger partial charge in [0.25, 0.3) is 27.8 Å². The summed E-state index contributed by atoms with van der Waals surface area (Å²) in [6.07, 6.45) is 8.02. The van der Waals surface area contributed by atoms with Crippen molar-refractivity contribution in [3.8, 4) is 0 Å². The highest BCUT2D eigenvalue weighted by Gasteiger charge is 2.29. The van der Waals surface area contributed by atoms with E-state index in [1.165, 1.54) is 37.8 Å². The van der Waals surface area contributed by atoms with Crippen LogP contribution in [0.5, 0.6) is 0 Å². The van der Waals surface area contributed by atoms with Gasteiger partial charge in [0.15, 0.2) is 56.1 Å². The zero-order valence-corrected chi connectivity index (χ0v) is 65.7. The van der Waals surface area contributed by atoms with Crippen molar-refractivity contribution in [2.75, 3.05) is 146 Å². The lowest BCUT2D eigenvalue weighted by Crippen LogP contribution is -2.50. The topological polar surface area (TPSA) is 819 Å². The third kappa shape index (κ3) is 22.1. The fourth-order valence-electron chi connectivity index (χ4n) is 12.5. The van der Waals surface area contributed by atoms with Crippen LogP contribution in [0.4, 0.5) is 29.6 Å². The molecular formula is C66H82N40O18. The van der Waals surface area contributed by atoms with Crippen LogP contribution in [0.3, 0.4) is 0 Å². The van der Waals surface area contributed by atoms with Gasteiger partial charge >= 0.3 is 5.69 Å². The summed E-state index contributed by atoms with van der Waals surface area (Å²) in [6, 6.07) is 0. The summed E-state index contributed by atoms with van der Waals surface area (Å²) >= 11 is 0. The van der Waals surface area contributed by atoms with Crippen molar-refractivity contribution in [2.45, 2.75) is 46.2 Å². The molecule has 11 aromatic heterocycles. The number of anilines is 5. The molecule has 0 aliphatic carbocycles. The van der Waals surface area contributed by atoms with Crippen molar-refractivity contribution in [2.24, 2.45) is 11.5 Å². The third-order valence-electron chi connectivity index (χ3n) is 18.5. The van der Waals surface area contributed by atoms with Crippen molar-refractivity contribution >= 4 is 156 Å². The number of aryl methyl sites for hydroxylation is 1. The monoisotopic (exact) mass is 1720 g/mol. The Balaban J connectivity index is 0.749. The molecule has 12 amide bonds. The number of aromatic nitrogens is 22. The fraction of sp³-hybridized carbons (Fsp3) is 0.379. The molecule has 0 bridgehead atoms. The number of aromatic amines is 5. The van der Waals surface area contributed by atoms with E-state index in [9.17, 15) is 86.3 Å². The molecule has 0 aliphatic heterocycles. The molecule has 58 heteroatoms. The number of H-pyrrole nitrogens is 5. The van der Waals surface area contributed by atoms with Crippen LogP contribution in [-0.4, -0.2) is 325 Å². The molecule has 654 valence electrons. The van der Waals surface area contributed by atoms with E-state index >= 15 is 0 Å². The van der Waals surface area contributed by atoms with Gasteiger partial charge in [0.05, 0.1) is 70.9 Å². The van der Waals surface area contributed by atoms with Crippen molar-refractivity contribution in [1.82, 2.24) is 163 Å². The number of hydrogen-bond acceptors (Lipinski definition) is 35. The smallest absolute Gasteiger partial charge is 0.328 e. The molecule has 11 heterocycles. The second-order valence-electron chi connectivity index (χ2n) is 27.4. The summed E-state index contributed by atoms with van der Waals surface area (Å²) in [5.41, 5.74) is 35.1. The van der Waals surface area contributed by atoms with Gasteiger partial charge in [-0.2, -0.15) is 19.9 Å². The largest absolute Gasteiger partial charge is 0.382 e. The maximum absolute atomic E-state index is 14.4. The Hall–Kier alpha value is -16.8. The molecule has 0 aromatic carbocycles. The van der Waals surface area contributed by atoms with Crippen LogP contribution in [0.15, 0.2) is 72.9 Å². The van der Waals surface area contributed by atoms with Gasteiger partial charge in [-0.1, -0.05) is 0 Å². The Kier molecular flexibility index (Phi) is 27.8. The zero-order chi connectivity index (χ0) is 89.3. The molecule has 24 N–H and O–H groups in total. The molecule has 0 fully saturated rings. The molecule has 58 nitrogen and oxygen atoms in total. The minimum absolute atomic E-state index is 0.00622. The van der Waals surface area contributed by atoms with Gasteiger partial charge in [-0.05, 0) is 6.92 Å². The zero-order valence-electron chi connectivity index (χ0n) is 65.7. The van der Waals surface area contributed by atoms with Crippen molar-refractivity contribution < 1.29 is 57.5 Å². The van der Waals surface area contributed by atoms with E-state index in [-0.39, 0.29) is 130 Å². The van der Waals surface area contributed by atoms with Crippen LogP contribution in [0.25, 0.3) is 55.8 Å². The van der Waals surface area contributed by atoms with Gasteiger partial charge in [-0.3, -0.25) is 111 Å². The molecule has 0 unspecified atom stereocenters. The van der Waals surface area contributed by atoms with Gasteiger partial charge in [0.2, 0.25) is 94.7 Å². The van der Waals surface area contributed by atoms with E-state index in [2.05, 4.69) is 106 Å². The molecule has 0 saturated heterocycles. The maximum Gasteiger partial charge on any atom is 0.328 e. The van der Waals surface area contributed by atoms with Crippen molar-refractivity contribution in [3.05, 3.63) is 112 Å². The van der Waals surface area contributed by atoms with Crippen LogP contribution in [-0.2, 0) is 96.8 Å². The van der Waals surface area contributed by atoms with E-state index in [0.29, 0.717) is 0 Å². The van der Waals surface area contributed by atoms with Gasteiger partial charge in [-0.15, -0.1) is 0 Å². The van der Waals surface area contributed by atoms with Gasteiger partial charge in [-0.25, -0.2) is 39.7 Å². The second kappa shape index (κ2) is 39.2. The molecule has 124 heavy (non-hydrogen) atoms. The van der Waals surface area contributed by atoms with Gasteiger partial charge < -0.3 is 119 Å². The number of hydrogen-bond donors (Lipinski definition) is 17. The molecule has 11 aromatic rings. The average Bonchev–Trinajstić information content (AvgIpc) is 1.67. The lowest BCUT2D eigenvalue weighted by molar-refractivity contribution is -0.138. The first kappa shape index (κ1) is 88.1. The SMILES string of the molecule is Cc1cn(CC(=O)N(CCNC(=O)CN(CCNC(=O)CN(CCNC(=O)CN(CCN)C(=O)Cn2cnc3c(=O)[nH]c(N)nc32)C(=O)Cn2cnc3c(=O)[nH]c(N)nc32)C(=O)Cn2cnc3c(N)ncnc32)CC(=O)NCCN(CC(=O)NCCN(CC(N)=O)C(=O)Cn2cnc3c(=O)[nH]c(N)nc32)C(=O)Cn2cnc3c(=O)[nH]c(N)nc32)c(=O)[nH]c1=O. The van der Waals surface area contributed by atoms with Gasteiger partial charge in [0, 0.05) is 90.3 Å². The molecule has 0 spiro atoms. The van der Waals surface area contributed by atoms with Crippen LogP contribution in [0, 0.1) is 6.92 Å². The molecule has 0 radical (unpaired) electrons. The van der Waals surface area contributed by atoms with E-state index in [1.54, 1.807) is 0 Å². The summed E-state index contributed by atoms with van der Waals surface area (Å²) in [6.45, 7) is -10.7. The second-order valence-corrected chi connectivity index (χ2v) is 27.4. The standard InChI is InChI=1S/C66H82N40O18/c1-33-14-101(66(124)94-57(33)119)21-40(113)97(17-36(109)77-7-13-100(45(118)26-106-32-85-50-56(106)89-65(73)93-61(50)123)19-37(110)74-3-9-96(15-34(68)107)42(115)24-104-30-83-48-54(104)87-63(71)91-59(48)121)10-4-76-38(111)18-98(43(116)22-102-28-81-46-51(69)79-27-80-52(46)102)11-6-78-39(112)20-99(44(117)25-105-31-84-49-55(105)88-64(72)92-60(49)122)12-5-75-35(108)16-95(8-2-67)41(114)23-103-29-82-47-53(103)86-62(70)90-58(47)120/h14,27-32H,2-13,15-26,67H2,1H3,(H2,68,107)(H,74,110)(H,75,108)(H,76,111)(H,77,109)(H,78,112)(H2,69,79,80)(H,94,119,124)(H3,70,86,90,120)(H3,71,87,91,121)(H3,72,88,92,122)(H3,73,89,93,123). The Morgan fingerprint density at radius 3 is 0.895 bits per heavy atom. The summed E-state index contributed by atoms with van der Waals surface area (Å²) in [5, 5.41) is 12.9. The number of carbonyl (C=O) groups excluding carboxylic acids is 12. The van der Waals surface area contributed by atoms with Crippen LogP contribution in [0.1, 0.15) is 5.56 Å². The molecule has 0 aliphatic rings. The normalized spacial score (nSPS) is 11.2. The molecule has 0 atom stereocenters. The predicted molar refractivity (Wildman–Crippen MR) is 429 cm³/mol. The first-order chi connectivity index (χ1) is 59.2. The van der Waals surface area contributed by atoms with E-state index in [0.717, 1.165) is 70.0 Å². The number of primary amides is 1. The summed E-state index contributed by atoms with van der Waals surface area (Å²) in [7, 11) is 0. The minimum Gasteiger partial charge on any atom is -0.382 e. The van der Waals surface area contributed by atoms with Crippen molar-refractivity contribution in [3.63, 3.8) is 0 Å². The first-order valence-electron chi connectivity index (χ1n) is 37.2. The van der Waals surface area contributed by atoms with E-state index in [1.807, 2.05) is 0 Å². The van der Waals surface area contributed by atoms with E-state index < -0.39 is 222 Å². The van der Waals surface area contributed by atoms with E-state index in [4.69, 9.17) is 40.1 Å². The number of imidazole rings is 5. The predicted octanol–water partition coefficient (Wildman–Crippen LogP) is -13.9. The summed E-state index contributed by atoms with van der Waals surface area (Å²) in [5.74, 6) is -11.0. The number of nitrogens with zero attached hydrogens (tertiary/aromatic N) is 23. The highest BCUT2D eigenvalue weighted by atomic mass is 16.2. The van der Waals surface area contributed by atoms with Crippen LogP contribution in [0.2, 0.25) is 0 Å². The highest BCUT2D eigenvalue weighted by Crippen LogP contribution is 2.16. The number of rotatable bonds is 41. The van der Waals surface area contributed by atoms with Crippen molar-refractivity contribution in [1.29, 1.82) is 0 Å². The number of carbonyl (C=O) groups is 12. The molecule has 11 rings (SSSR count). The summed E-state index contributed by atoms with van der Waals surface area (Å²) < 4.78 is 6.94. The number of amides is 12. The quantitative estimate of drug-likeness (QED) is 0.0169.